The molecular weight excluding hydrogens is 202 g/mol. The molecule has 3 heteroatoms. The normalized spacial score (nSPS) is 14.6. The van der Waals surface area contributed by atoms with Gasteiger partial charge in [-0.15, -0.1) is 0 Å². The number of unbranched alkanes of at least 4 members (excludes halogenated alkanes) is 6. The van der Waals surface area contributed by atoms with Gasteiger partial charge < -0.3 is 4.74 Å². The molecule has 1 amide bonds. The molecule has 1 aliphatic rings. The molecule has 0 radical (unpaired) electrons. The maximum absolute atomic E-state index is 11.0. The zero-order chi connectivity index (χ0) is 11.6. The molecule has 0 spiro atoms. The third-order valence-electron chi connectivity index (χ3n) is 2.63. The highest BCUT2D eigenvalue weighted by Gasteiger charge is 2.19. The molecule has 0 saturated carbocycles. The average Bonchev–Trinajstić information content (AvgIpc) is 2.68. The van der Waals surface area contributed by atoms with Gasteiger partial charge in [-0.05, 0) is 6.42 Å². The van der Waals surface area contributed by atoms with E-state index in [1.807, 2.05) is 0 Å². The van der Waals surface area contributed by atoms with E-state index in [4.69, 9.17) is 4.74 Å². The van der Waals surface area contributed by atoms with E-state index in [2.05, 4.69) is 18.9 Å². The van der Waals surface area contributed by atoms with Gasteiger partial charge in [-0.1, -0.05) is 44.9 Å². The second kappa shape index (κ2) is 8.04. The lowest BCUT2D eigenvalue weighted by atomic mass is 10.1. The van der Waals surface area contributed by atoms with Gasteiger partial charge in [-0.3, -0.25) is 0 Å². The first-order valence-corrected chi connectivity index (χ1v) is 6.27. The zero-order valence-electron chi connectivity index (χ0n) is 10.1. The summed E-state index contributed by atoms with van der Waals surface area (Å²) in [4.78, 5) is 12.5. The minimum atomic E-state index is -0.296. The van der Waals surface area contributed by atoms with E-state index in [0.29, 0.717) is 13.2 Å². The van der Waals surface area contributed by atoms with Crippen LogP contribution in [-0.2, 0) is 4.74 Å². The maximum Gasteiger partial charge on any atom is 0.421 e. The molecule has 0 aromatic rings. The molecule has 0 aromatic carbocycles. The Labute approximate surface area is 98.1 Å². The number of cyclic esters (lactones) is 1. The van der Waals surface area contributed by atoms with Crippen LogP contribution in [0.25, 0.3) is 0 Å². The monoisotopic (exact) mass is 223 g/mol. The number of hydrogen-bond acceptors (Lipinski definition) is 2. The second-order valence-electron chi connectivity index (χ2n) is 4.07. The SMILES string of the molecule is CCCCCCCCC#CN1CCOC1=O. The van der Waals surface area contributed by atoms with Gasteiger partial charge in [-0.2, -0.15) is 0 Å². The second-order valence-corrected chi connectivity index (χ2v) is 4.07. The fraction of sp³-hybridized carbons (Fsp3) is 0.769. The van der Waals surface area contributed by atoms with Crippen LogP contribution in [-0.4, -0.2) is 24.1 Å². The number of rotatable bonds is 6. The summed E-state index contributed by atoms with van der Waals surface area (Å²) in [6.07, 6.45) is 8.25. The Morgan fingerprint density at radius 2 is 2.00 bits per heavy atom. The molecule has 1 aliphatic heterocycles. The van der Waals surface area contributed by atoms with Gasteiger partial charge in [-0.25, -0.2) is 9.69 Å². The van der Waals surface area contributed by atoms with Gasteiger partial charge in [0, 0.05) is 12.5 Å². The summed E-state index contributed by atoms with van der Waals surface area (Å²) < 4.78 is 4.77. The Kier molecular flexibility index (Phi) is 6.48. The third kappa shape index (κ3) is 5.06. The lowest BCUT2D eigenvalue weighted by Crippen LogP contribution is -2.17. The summed E-state index contributed by atoms with van der Waals surface area (Å²) in [5.74, 6) is 3.02. The Morgan fingerprint density at radius 3 is 2.69 bits per heavy atom. The summed E-state index contributed by atoms with van der Waals surface area (Å²) in [6.45, 7) is 3.31. The van der Waals surface area contributed by atoms with E-state index in [-0.39, 0.29) is 6.09 Å². The fourth-order valence-electron chi connectivity index (χ4n) is 1.64. The van der Waals surface area contributed by atoms with Crippen LogP contribution in [0.2, 0.25) is 0 Å². The van der Waals surface area contributed by atoms with E-state index >= 15 is 0 Å². The first-order valence-electron chi connectivity index (χ1n) is 6.27. The van der Waals surface area contributed by atoms with Crippen molar-refractivity contribution in [2.75, 3.05) is 13.2 Å². The Hall–Kier alpha value is -1.17. The molecule has 0 atom stereocenters. The standard InChI is InChI=1S/C13H21NO2/c1-2-3-4-5-6-7-8-9-10-14-11-12-16-13(14)15/h2-8,11-12H2,1H3. The van der Waals surface area contributed by atoms with E-state index < -0.39 is 0 Å². The predicted octanol–water partition coefficient (Wildman–Crippen LogP) is 3.15. The van der Waals surface area contributed by atoms with Gasteiger partial charge >= 0.3 is 6.09 Å². The molecule has 3 nitrogen and oxygen atoms in total. The molecule has 1 heterocycles. The lowest BCUT2D eigenvalue weighted by molar-refractivity contribution is 0.167. The van der Waals surface area contributed by atoms with Crippen molar-refractivity contribution in [3.05, 3.63) is 0 Å². The van der Waals surface area contributed by atoms with Gasteiger partial charge in [0.25, 0.3) is 0 Å². The summed E-state index contributed by atoms with van der Waals surface area (Å²) in [5, 5.41) is 0. The molecular formula is C13H21NO2. The largest absolute Gasteiger partial charge is 0.447 e. The quantitative estimate of drug-likeness (QED) is 0.511. The molecule has 0 aromatic heterocycles. The Bertz CT molecular complexity index is 265. The van der Waals surface area contributed by atoms with Crippen molar-refractivity contribution in [2.24, 2.45) is 0 Å². The summed E-state index contributed by atoms with van der Waals surface area (Å²) in [6, 6.07) is 2.84. The highest BCUT2D eigenvalue weighted by molar-refractivity contribution is 5.71. The molecule has 0 bridgehead atoms. The minimum Gasteiger partial charge on any atom is -0.447 e. The molecule has 1 rings (SSSR count). The maximum atomic E-state index is 11.0. The number of hydrogen-bond donors (Lipinski definition) is 0. The van der Waals surface area contributed by atoms with Crippen LogP contribution in [0.15, 0.2) is 0 Å². The number of nitrogens with zero attached hydrogens (tertiary/aromatic N) is 1. The molecule has 0 unspecified atom stereocenters. The summed E-state index contributed by atoms with van der Waals surface area (Å²) in [5.41, 5.74) is 0. The van der Waals surface area contributed by atoms with E-state index in [9.17, 15) is 4.79 Å². The first kappa shape index (κ1) is 12.9. The van der Waals surface area contributed by atoms with Crippen LogP contribution in [0, 0.1) is 12.0 Å². The van der Waals surface area contributed by atoms with Gasteiger partial charge in [0.1, 0.15) is 6.61 Å². The molecule has 90 valence electrons. The van der Waals surface area contributed by atoms with Gasteiger partial charge in [0.05, 0.1) is 6.54 Å². The predicted molar refractivity (Wildman–Crippen MR) is 63.8 cm³/mol. The number of amides is 1. The average molecular weight is 223 g/mol. The van der Waals surface area contributed by atoms with Crippen LogP contribution < -0.4 is 0 Å². The highest BCUT2D eigenvalue weighted by atomic mass is 16.6. The first-order chi connectivity index (χ1) is 7.84. The fourth-order valence-corrected chi connectivity index (χ4v) is 1.64. The highest BCUT2D eigenvalue weighted by Crippen LogP contribution is 2.06. The molecule has 0 N–H and O–H groups in total. The Morgan fingerprint density at radius 1 is 1.25 bits per heavy atom. The number of carbonyl (C=O) groups is 1. The minimum absolute atomic E-state index is 0.296. The van der Waals surface area contributed by atoms with Crippen LogP contribution in [0.5, 0.6) is 0 Å². The van der Waals surface area contributed by atoms with Gasteiger partial charge in [0.2, 0.25) is 0 Å². The summed E-state index contributed by atoms with van der Waals surface area (Å²) in [7, 11) is 0. The van der Waals surface area contributed by atoms with Crippen molar-refractivity contribution in [3.63, 3.8) is 0 Å². The number of ether oxygens (including phenoxy) is 1. The topological polar surface area (TPSA) is 29.5 Å². The molecule has 1 saturated heterocycles. The van der Waals surface area contributed by atoms with Crippen LogP contribution in [0.1, 0.15) is 51.9 Å². The van der Waals surface area contributed by atoms with Crippen molar-refractivity contribution < 1.29 is 9.53 Å². The van der Waals surface area contributed by atoms with Crippen LogP contribution >= 0.6 is 0 Å². The summed E-state index contributed by atoms with van der Waals surface area (Å²) >= 11 is 0. The molecule has 0 aliphatic carbocycles. The van der Waals surface area contributed by atoms with Crippen LogP contribution in [0.4, 0.5) is 4.79 Å². The van der Waals surface area contributed by atoms with Crippen molar-refractivity contribution in [1.29, 1.82) is 0 Å². The smallest absolute Gasteiger partial charge is 0.421 e. The lowest BCUT2D eigenvalue weighted by Gasteiger charge is -2.00. The molecule has 16 heavy (non-hydrogen) atoms. The van der Waals surface area contributed by atoms with E-state index in [1.165, 1.54) is 37.0 Å². The third-order valence-corrected chi connectivity index (χ3v) is 2.63. The number of carbonyl (C=O) groups excluding carboxylic acids is 1. The van der Waals surface area contributed by atoms with Crippen molar-refractivity contribution in [3.8, 4) is 12.0 Å². The van der Waals surface area contributed by atoms with Gasteiger partial charge in [0.15, 0.2) is 0 Å². The van der Waals surface area contributed by atoms with Crippen molar-refractivity contribution in [2.45, 2.75) is 51.9 Å². The van der Waals surface area contributed by atoms with Crippen molar-refractivity contribution >= 4 is 6.09 Å². The molecule has 1 fully saturated rings. The zero-order valence-corrected chi connectivity index (χ0v) is 10.1. The van der Waals surface area contributed by atoms with E-state index in [0.717, 1.165) is 12.8 Å². The van der Waals surface area contributed by atoms with Crippen molar-refractivity contribution in [1.82, 2.24) is 4.90 Å². The van der Waals surface area contributed by atoms with Crippen LogP contribution in [0.3, 0.4) is 0 Å². The Balaban J connectivity index is 1.98. The van der Waals surface area contributed by atoms with E-state index in [1.54, 1.807) is 0 Å².